The topological polar surface area (TPSA) is 59.0 Å². The van der Waals surface area contributed by atoms with E-state index in [0.29, 0.717) is 32.0 Å². The van der Waals surface area contributed by atoms with E-state index in [2.05, 4.69) is 26.0 Å². The molecule has 4 rings (SSSR count). The molecule has 0 radical (unpaired) electrons. The van der Waals surface area contributed by atoms with Crippen molar-refractivity contribution in [2.24, 2.45) is 5.92 Å². The van der Waals surface area contributed by atoms with Gasteiger partial charge in [0.2, 0.25) is 0 Å². The molecule has 0 aromatic heterocycles. The summed E-state index contributed by atoms with van der Waals surface area (Å²) in [5, 5.41) is 11.5. The number of ether oxygens (including phenoxy) is 2. The maximum atomic E-state index is 12.8. The minimum atomic E-state index is -0.953. The summed E-state index contributed by atoms with van der Waals surface area (Å²) in [6, 6.07) is 17.6. The zero-order valence-corrected chi connectivity index (χ0v) is 17.8. The number of benzene rings is 2. The zero-order valence-electron chi connectivity index (χ0n) is 17.8. The standard InChI is InChI=1S/C25H31NO4/c1-18(2)12-19-8-10-21(11-9-19)25(28)13-22-16-29-17-23(14-25)26(22)24(27)30-15-20-6-4-3-5-7-20/h3-11,18,22-23,28H,12-17H2,1-2H3. The number of aliphatic hydroxyl groups is 1. The molecule has 0 saturated carbocycles. The van der Waals surface area contributed by atoms with Crippen molar-refractivity contribution in [3.8, 4) is 0 Å². The Morgan fingerprint density at radius 1 is 1.07 bits per heavy atom. The second-order valence-corrected chi connectivity index (χ2v) is 9.03. The van der Waals surface area contributed by atoms with Crippen molar-refractivity contribution in [1.82, 2.24) is 4.90 Å². The highest BCUT2D eigenvalue weighted by molar-refractivity contribution is 5.69. The summed E-state index contributed by atoms with van der Waals surface area (Å²) in [4.78, 5) is 14.6. The van der Waals surface area contributed by atoms with E-state index < -0.39 is 5.60 Å². The monoisotopic (exact) mass is 409 g/mol. The Morgan fingerprint density at radius 2 is 1.70 bits per heavy atom. The van der Waals surface area contributed by atoms with Gasteiger partial charge in [0.25, 0.3) is 0 Å². The fourth-order valence-corrected chi connectivity index (χ4v) is 4.73. The van der Waals surface area contributed by atoms with E-state index >= 15 is 0 Å². The lowest BCUT2D eigenvalue weighted by Crippen LogP contribution is -2.62. The maximum absolute atomic E-state index is 12.8. The number of carbonyl (C=O) groups excluding carboxylic acids is 1. The lowest BCUT2D eigenvalue weighted by molar-refractivity contribution is -0.136. The van der Waals surface area contributed by atoms with Crippen LogP contribution in [-0.4, -0.2) is 41.4 Å². The first-order valence-electron chi connectivity index (χ1n) is 10.8. The van der Waals surface area contributed by atoms with Crippen LogP contribution >= 0.6 is 0 Å². The zero-order chi connectivity index (χ0) is 21.1. The van der Waals surface area contributed by atoms with Gasteiger partial charge in [0.1, 0.15) is 6.61 Å². The summed E-state index contributed by atoms with van der Waals surface area (Å²) in [7, 11) is 0. The third kappa shape index (κ3) is 4.52. The first-order chi connectivity index (χ1) is 14.4. The van der Waals surface area contributed by atoms with Crippen molar-refractivity contribution in [2.45, 2.75) is 57.4 Å². The van der Waals surface area contributed by atoms with E-state index in [1.54, 1.807) is 4.90 Å². The molecule has 2 fully saturated rings. The number of fused-ring (bicyclic) bond motifs is 2. The molecular formula is C25H31NO4. The van der Waals surface area contributed by atoms with Gasteiger partial charge in [-0.3, -0.25) is 4.90 Å². The number of rotatable bonds is 5. The van der Waals surface area contributed by atoms with Crippen molar-refractivity contribution >= 4 is 6.09 Å². The Hall–Kier alpha value is -2.37. The molecule has 2 aliphatic rings. The van der Waals surface area contributed by atoms with Crippen LogP contribution in [0.5, 0.6) is 0 Å². The highest BCUT2D eigenvalue weighted by Gasteiger charge is 2.49. The number of hydrogen-bond acceptors (Lipinski definition) is 4. The average molecular weight is 410 g/mol. The van der Waals surface area contributed by atoms with Gasteiger partial charge >= 0.3 is 6.09 Å². The van der Waals surface area contributed by atoms with Crippen LogP contribution in [0.2, 0.25) is 0 Å². The molecule has 30 heavy (non-hydrogen) atoms. The van der Waals surface area contributed by atoms with Crippen LogP contribution in [-0.2, 0) is 28.1 Å². The number of morpholine rings is 1. The van der Waals surface area contributed by atoms with E-state index in [9.17, 15) is 9.90 Å². The third-order valence-electron chi connectivity index (χ3n) is 6.11. The molecule has 5 nitrogen and oxygen atoms in total. The van der Waals surface area contributed by atoms with Gasteiger partial charge < -0.3 is 14.6 Å². The Labute approximate surface area is 178 Å². The number of amides is 1. The first kappa shape index (κ1) is 20.9. The highest BCUT2D eigenvalue weighted by Crippen LogP contribution is 2.41. The first-order valence-corrected chi connectivity index (χ1v) is 10.8. The summed E-state index contributed by atoms with van der Waals surface area (Å²) in [5.41, 5.74) is 2.21. The molecule has 2 saturated heterocycles. The van der Waals surface area contributed by atoms with Crippen LogP contribution in [0.3, 0.4) is 0 Å². The van der Waals surface area contributed by atoms with Crippen LogP contribution in [0, 0.1) is 5.92 Å². The molecule has 2 unspecified atom stereocenters. The second kappa shape index (κ2) is 8.78. The van der Waals surface area contributed by atoms with Crippen LogP contribution in [0.4, 0.5) is 4.79 Å². The van der Waals surface area contributed by atoms with Crippen LogP contribution < -0.4 is 0 Å². The Kier molecular flexibility index (Phi) is 6.11. The highest BCUT2D eigenvalue weighted by atomic mass is 16.6. The lowest BCUT2D eigenvalue weighted by atomic mass is 9.76. The van der Waals surface area contributed by atoms with Crippen LogP contribution in [0.15, 0.2) is 54.6 Å². The van der Waals surface area contributed by atoms with Gasteiger partial charge in [-0.2, -0.15) is 0 Å². The molecule has 2 aromatic carbocycles. The normalized spacial score (nSPS) is 25.9. The Morgan fingerprint density at radius 3 is 2.30 bits per heavy atom. The molecule has 2 aliphatic heterocycles. The molecule has 1 N–H and O–H groups in total. The molecule has 2 atom stereocenters. The fourth-order valence-electron chi connectivity index (χ4n) is 4.73. The number of carbonyl (C=O) groups is 1. The predicted molar refractivity (Wildman–Crippen MR) is 115 cm³/mol. The summed E-state index contributed by atoms with van der Waals surface area (Å²) < 4.78 is 11.3. The summed E-state index contributed by atoms with van der Waals surface area (Å²) in [6.07, 6.45) is 1.60. The van der Waals surface area contributed by atoms with Crippen LogP contribution in [0.1, 0.15) is 43.4 Å². The smallest absolute Gasteiger partial charge is 0.410 e. The van der Waals surface area contributed by atoms with Crippen molar-refractivity contribution in [2.75, 3.05) is 13.2 Å². The van der Waals surface area contributed by atoms with Crippen molar-refractivity contribution < 1.29 is 19.4 Å². The molecule has 2 heterocycles. The van der Waals surface area contributed by atoms with Gasteiger partial charge in [0.15, 0.2) is 0 Å². The van der Waals surface area contributed by atoms with Gasteiger partial charge in [0, 0.05) is 12.8 Å². The van der Waals surface area contributed by atoms with E-state index in [1.165, 1.54) is 5.56 Å². The van der Waals surface area contributed by atoms with Gasteiger partial charge in [-0.25, -0.2) is 4.79 Å². The molecular weight excluding hydrogens is 378 g/mol. The molecule has 2 aromatic rings. The fraction of sp³-hybridized carbons (Fsp3) is 0.480. The molecule has 0 aliphatic carbocycles. The number of nitrogens with zero attached hydrogens (tertiary/aromatic N) is 1. The Balaban J connectivity index is 1.45. The predicted octanol–water partition coefficient (Wildman–Crippen LogP) is 4.27. The molecule has 1 amide bonds. The summed E-state index contributed by atoms with van der Waals surface area (Å²) in [6.45, 7) is 5.50. The van der Waals surface area contributed by atoms with Crippen molar-refractivity contribution in [3.05, 3.63) is 71.3 Å². The van der Waals surface area contributed by atoms with Crippen molar-refractivity contribution in [1.29, 1.82) is 0 Å². The number of piperidine rings is 1. The molecule has 5 heteroatoms. The molecule has 2 bridgehead atoms. The van der Waals surface area contributed by atoms with Gasteiger partial charge in [-0.1, -0.05) is 68.4 Å². The largest absolute Gasteiger partial charge is 0.445 e. The quantitative estimate of drug-likeness (QED) is 0.801. The van der Waals surface area contributed by atoms with E-state index in [-0.39, 0.29) is 24.8 Å². The molecule has 0 spiro atoms. The van der Waals surface area contributed by atoms with Gasteiger partial charge in [-0.05, 0) is 29.0 Å². The average Bonchev–Trinajstić information content (AvgIpc) is 2.72. The van der Waals surface area contributed by atoms with Crippen LogP contribution in [0.25, 0.3) is 0 Å². The Bertz CT molecular complexity index is 835. The van der Waals surface area contributed by atoms with E-state index in [1.807, 2.05) is 42.5 Å². The van der Waals surface area contributed by atoms with E-state index in [4.69, 9.17) is 9.47 Å². The summed E-state index contributed by atoms with van der Waals surface area (Å²) in [5.74, 6) is 0.598. The van der Waals surface area contributed by atoms with E-state index in [0.717, 1.165) is 17.5 Å². The van der Waals surface area contributed by atoms with Gasteiger partial charge in [-0.15, -0.1) is 0 Å². The molecule has 160 valence electrons. The minimum absolute atomic E-state index is 0.193. The third-order valence-corrected chi connectivity index (χ3v) is 6.11. The van der Waals surface area contributed by atoms with Crippen molar-refractivity contribution in [3.63, 3.8) is 0 Å². The number of hydrogen-bond donors (Lipinski definition) is 1. The lowest BCUT2D eigenvalue weighted by Gasteiger charge is -2.51. The second-order valence-electron chi connectivity index (χ2n) is 9.03. The van der Waals surface area contributed by atoms with Gasteiger partial charge in [0.05, 0.1) is 30.9 Å². The summed E-state index contributed by atoms with van der Waals surface area (Å²) >= 11 is 0. The minimum Gasteiger partial charge on any atom is -0.445 e. The SMILES string of the molecule is CC(C)Cc1ccc(C2(O)CC3COCC(C2)N3C(=O)OCc2ccccc2)cc1. The maximum Gasteiger partial charge on any atom is 0.410 e.